The lowest BCUT2D eigenvalue weighted by Gasteiger charge is -2.17. The molecule has 8 nitrogen and oxygen atoms in total. The highest BCUT2D eigenvalue weighted by atomic mass is 32.2. The third-order valence-corrected chi connectivity index (χ3v) is 4.31. The molecule has 112 valence electrons. The molecule has 2 aromatic rings. The van der Waals surface area contributed by atoms with Crippen LogP contribution >= 0.6 is 0 Å². The molecule has 0 heterocycles. The third-order valence-electron chi connectivity index (χ3n) is 2.36. The van der Waals surface area contributed by atoms with Gasteiger partial charge in [0.2, 0.25) is 0 Å². The summed E-state index contributed by atoms with van der Waals surface area (Å²) in [5.41, 5.74) is 0. The summed E-state index contributed by atoms with van der Waals surface area (Å²) in [6.45, 7) is 0. The van der Waals surface area contributed by atoms with Gasteiger partial charge < -0.3 is 21.4 Å². The molecule has 0 aromatic heterocycles. The zero-order valence-corrected chi connectivity index (χ0v) is 12.4. The van der Waals surface area contributed by atoms with E-state index in [9.17, 15) is 25.9 Å². The van der Waals surface area contributed by atoms with Gasteiger partial charge in [-0.3, -0.25) is 0 Å². The van der Waals surface area contributed by atoms with Gasteiger partial charge in [0.1, 0.15) is 20.2 Å². The van der Waals surface area contributed by atoms with E-state index in [0.717, 1.165) is 6.07 Å². The van der Waals surface area contributed by atoms with Crippen molar-refractivity contribution in [2.24, 2.45) is 0 Å². The molecule has 0 radical (unpaired) electrons. The number of fused-ring (bicyclic) bond motifs is 1. The Labute approximate surface area is 116 Å². The maximum absolute atomic E-state index is 11.2. The van der Waals surface area contributed by atoms with Crippen LogP contribution in [0.2, 0.25) is 0 Å². The Balaban J connectivity index is 0.00000180. The molecule has 2 aromatic carbocycles. The summed E-state index contributed by atoms with van der Waals surface area (Å²) in [6, 6.07) is 7.91. The van der Waals surface area contributed by atoms with E-state index in [2.05, 4.69) is 0 Å². The lowest BCUT2D eigenvalue weighted by molar-refractivity contribution is 0.448. The Morgan fingerprint density at radius 3 is 1.80 bits per heavy atom. The Hall–Kier alpha value is -1.56. The summed E-state index contributed by atoms with van der Waals surface area (Å²) in [4.78, 5) is -2.01. The summed E-state index contributed by atoms with van der Waals surface area (Å²) >= 11 is 0. The molecule has 0 saturated heterocycles. The van der Waals surface area contributed by atoms with Gasteiger partial charge in [-0.15, -0.1) is 0 Å². The Bertz CT molecular complexity index is 830. The van der Waals surface area contributed by atoms with Crippen molar-refractivity contribution in [2.75, 3.05) is 0 Å². The van der Waals surface area contributed by atoms with Crippen LogP contribution in [0.5, 0.6) is 0 Å². The normalized spacial score (nSPS) is 11.5. The van der Waals surface area contributed by atoms with Crippen LogP contribution in [0.1, 0.15) is 0 Å². The first-order valence-corrected chi connectivity index (χ1v) is 7.46. The van der Waals surface area contributed by atoms with Crippen molar-refractivity contribution in [1.29, 1.82) is 0 Å². The summed E-state index contributed by atoms with van der Waals surface area (Å²) < 4.78 is 66.4. The van der Waals surface area contributed by atoms with Crippen molar-refractivity contribution >= 4 is 31.0 Å². The van der Waals surface area contributed by atoms with Gasteiger partial charge in [0.05, 0.1) is 9.79 Å². The van der Waals surface area contributed by atoms with Crippen molar-refractivity contribution in [3.8, 4) is 0 Å². The molecule has 0 amide bonds. The number of hydrogen-bond donors (Lipinski definition) is 2. The average Bonchev–Trinajstić information content (AvgIpc) is 2.24. The molecule has 0 saturated carbocycles. The number of hydrogen-bond acceptors (Lipinski definition) is 6. The van der Waals surface area contributed by atoms with Crippen molar-refractivity contribution in [1.82, 2.24) is 12.3 Å². The highest BCUT2D eigenvalue weighted by Crippen LogP contribution is 2.29. The van der Waals surface area contributed by atoms with Crippen molar-refractivity contribution in [3.63, 3.8) is 0 Å². The van der Waals surface area contributed by atoms with Crippen molar-refractivity contribution in [3.05, 3.63) is 36.4 Å². The second kappa shape index (κ2) is 5.83. The molecule has 0 bridgehead atoms. The standard InChI is InChI=1S/C10H8O6S2.2H3N/c11-17(12,13)9-6-5-7-3-1-2-4-8(7)10(9)18(14,15)16;;/h1-6H,(H,11,12,13)(H,14,15,16);2*1H3. The van der Waals surface area contributed by atoms with Crippen LogP contribution in [0.15, 0.2) is 46.2 Å². The van der Waals surface area contributed by atoms with Crippen molar-refractivity contribution in [2.45, 2.75) is 9.79 Å². The van der Waals surface area contributed by atoms with E-state index in [1.807, 2.05) is 0 Å². The summed E-state index contributed by atoms with van der Waals surface area (Å²) in [7, 11) is -10.1. The Kier molecular flexibility index (Phi) is 5.37. The zero-order chi connectivity index (χ0) is 13.6. The molecule has 8 N–H and O–H groups in total. The van der Waals surface area contributed by atoms with Gasteiger partial charge in [-0.25, -0.2) is 16.8 Å². The lowest BCUT2D eigenvalue weighted by atomic mass is 10.1. The molecule has 0 aliphatic heterocycles. The quantitative estimate of drug-likeness (QED) is 0.785. The van der Waals surface area contributed by atoms with E-state index in [-0.39, 0.29) is 17.7 Å². The fourth-order valence-electron chi connectivity index (χ4n) is 1.68. The largest absolute Gasteiger partial charge is 0.744 e. The van der Waals surface area contributed by atoms with Gasteiger partial charge in [-0.1, -0.05) is 30.3 Å². The molecule has 10 heteroatoms. The fraction of sp³-hybridized carbons (Fsp3) is 0. The first-order valence-electron chi connectivity index (χ1n) is 4.65. The molecule has 0 aliphatic carbocycles. The van der Waals surface area contributed by atoms with Crippen LogP contribution in [-0.2, 0) is 20.2 Å². The van der Waals surface area contributed by atoms with Gasteiger partial charge in [0, 0.05) is 5.39 Å². The maximum atomic E-state index is 11.2. The third kappa shape index (κ3) is 3.30. The Morgan fingerprint density at radius 1 is 0.750 bits per heavy atom. The van der Waals surface area contributed by atoms with E-state index in [1.165, 1.54) is 24.3 Å². The minimum atomic E-state index is -5.07. The number of quaternary nitrogens is 2. The summed E-state index contributed by atoms with van der Waals surface area (Å²) in [5, 5.41) is 0.281. The van der Waals surface area contributed by atoms with Crippen molar-refractivity contribution < 1.29 is 25.9 Å². The highest BCUT2D eigenvalue weighted by Gasteiger charge is 2.17. The van der Waals surface area contributed by atoms with E-state index >= 15 is 0 Å². The van der Waals surface area contributed by atoms with Gasteiger partial charge in [0.25, 0.3) is 0 Å². The topological polar surface area (TPSA) is 187 Å². The first-order chi connectivity index (χ1) is 8.21. The zero-order valence-electron chi connectivity index (χ0n) is 10.7. The van der Waals surface area contributed by atoms with Crippen LogP contribution in [-0.4, -0.2) is 25.9 Å². The van der Waals surface area contributed by atoms with E-state index in [4.69, 9.17) is 0 Å². The minimum absolute atomic E-state index is 0. The smallest absolute Gasteiger partial charge is 0.126 e. The molecule has 20 heavy (non-hydrogen) atoms. The van der Waals surface area contributed by atoms with Crippen LogP contribution in [0.4, 0.5) is 0 Å². The average molecular weight is 322 g/mol. The molecule has 0 unspecified atom stereocenters. The van der Waals surface area contributed by atoms with E-state index in [0.29, 0.717) is 5.39 Å². The SMILES string of the molecule is O=S(=O)([O-])c1ccc2ccccc2c1S(=O)(=O)[O-].[NH4+].[NH4+]. The monoisotopic (exact) mass is 322 g/mol. The predicted octanol–water partition coefficient (Wildman–Crippen LogP) is 1.40. The maximum Gasteiger partial charge on any atom is 0.126 e. The van der Waals surface area contributed by atoms with Gasteiger partial charge in [-0.2, -0.15) is 0 Å². The minimum Gasteiger partial charge on any atom is -0.744 e. The lowest BCUT2D eigenvalue weighted by Crippen LogP contribution is -2.09. The van der Waals surface area contributed by atoms with Gasteiger partial charge >= 0.3 is 0 Å². The fourth-order valence-corrected chi connectivity index (χ4v) is 3.63. The molecule has 0 aliphatic rings. The van der Waals surface area contributed by atoms with E-state index in [1.54, 1.807) is 6.07 Å². The Morgan fingerprint density at radius 2 is 1.30 bits per heavy atom. The molecular formula is C10H14N2O6S2. The molecule has 2 rings (SSSR count). The van der Waals surface area contributed by atoms with E-state index < -0.39 is 30.0 Å². The van der Waals surface area contributed by atoms with Gasteiger partial charge in [-0.05, 0) is 11.5 Å². The predicted molar refractivity (Wildman–Crippen MR) is 71.8 cm³/mol. The van der Waals surface area contributed by atoms with Gasteiger partial charge in [0.15, 0.2) is 0 Å². The molecule has 0 fully saturated rings. The summed E-state index contributed by atoms with van der Waals surface area (Å²) in [5.74, 6) is 0. The molecule has 0 atom stereocenters. The van der Waals surface area contributed by atoms with Crippen LogP contribution in [0.3, 0.4) is 0 Å². The second-order valence-electron chi connectivity index (χ2n) is 3.52. The first kappa shape index (κ1) is 18.4. The summed E-state index contributed by atoms with van der Waals surface area (Å²) in [6.07, 6.45) is 0. The van der Waals surface area contributed by atoms with Crippen LogP contribution < -0.4 is 12.3 Å². The van der Waals surface area contributed by atoms with Crippen LogP contribution in [0.25, 0.3) is 10.8 Å². The molecule has 0 spiro atoms. The second-order valence-corrected chi connectivity index (χ2v) is 6.19. The number of rotatable bonds is 2. The highest BCUT2D eigenvalue weighted by molar-refractivity contribution is 7.89. The number of benzene rings is 2. The molecular weight excluding hydrogens is 308 g/mol. The van der Waals surface area contributed by atoms with Crippen LogP contribution in [0, 0.1) is 0 Å².